The van der Waals surface area contributed by atoms with Crippen LogP contribution in [0.4, 0.5) is 4.39 Å². The van der Waals surface area contributed by atoms with Crippen LogP contribution in [0.25, 0.3) is 0 Å². The van der Waals surface area contributed by atoms with Crippen LogP contribution in [0.2, 0.25) is 0 Å². The molecule has 1 aliphatic heterocycles. The largest absolute Gasteiger partial charge is 0.494 e. The lowest BCUT2D eigenvalue weighted by molar-refractivity contribution is 0.0781. The van der Waals surface area contributed by atoms with Gasteiger partial charge in [0.05, 0.1) is 7.11 Å². The zero-order valence-electron chi connectivity index (χ0n) is 10.2. The lowest BCUT2D eigenvalue weighted by Crippen LogP contribution is -2.29. The van der Waals surface area contributed by atoms with E-state index in [1.807, 2.05) is 0 Å². The SMILES string of the molecule is COc1ccc(C(=O)N2CCC(CO)C2)cc1F. The number of aliphatic hydroxyl groups excluding tert-OH is 1. The minimum absolute atomic E-state index is 0.0841. The number of likely N-dealkylation sites (tertiary alicyclic amines) is 1. The van der Waals surface area contributed by atoms with E-state index in [1.54, 1.807) is 11.0 Å². The highest BCUT2D eigenvalue weighted by atomic mass is 19.1. The molecule has 18 heavy (non-hydrogen) atoms. The van der Waals surface area contributed by atoms with E-state index in [0.29, 0.717) is 18.7 Å². The van der Waals surface area contributed by atoms with Crippen molar-refractivity contribution in [1.29, 1.82) is 0 Å². The highest BCUT2D eigenvalue weighted by Gasteiger charge is 2.26. The van der Waals surface area contributed by atoms with Crippen molar-refractivity contribution in [2.24, 2.45) is 5.92 Å². The number of amides is 1. The predicted octanol–water partition coefficient (Wildman–Crippen LogP) is 1.29. The van der Waals surface area contributed by atoms with Gasteiger partial charge in [0, 0.05) is 31.2 Å². The molecule has 0 saturated carbocycles. The van der Waals surface area contributed by atoms with Gasteiger partial charge in [0.1, 0.15) is 0 Å². The molecule has 1 saturated heterocycles. The Balaban J connectivity index is 2.12. The predicted molar refractivity (Wildman–Crippen MR) is 64.0 cm³/mol. The van der Waals surface area contributed by atoms with Crippen molar-refractivity contribution < 1.29 is 19.0 Å². The van der Waals surface area contributed by atoms with E-state index < -0.39 is 5.82 Å². The number of methoxy groups -OCH3 is 1. The average molecular weight is 253 g/mol. The number of benzene rings is 1. The van der Waals surface area contributed by atoms with Crippen molar-refractivity contribution in [2.75, 3.05) is 26.8 Å². The molecule has 1 aromatic carbocycles. The highest BCUT2D eigenvalue weighted by Crippen LogP contribution is 2.21. The van der Waals surface area contributed by atoms with Crippen molar-refractivity contribution in [3.63, 3.8) is 0 Å². The molecule has 98 valence electrons. The zero-order chi connectivity index (χ0) is 13.1. The zero-order valence-corrected chi connectivity index (χ0v) is 10.2. The standard InChI is InChI=1S/C13H16FNO3/c1-18-12-3-2-10(6-11(12)14)13(17)15-5-4-9(7-15)8-16/h2-3,6,9,16H,4-5,7-8H2,1H3. The third kappa shape index (κ3) is 2.46. The van der Waals surface area contributed by atoms with Gasteiger partial charge in [-0.15, -0.1) is 0 Å². The molecule has 1 aliphatic rings. The van der Waals surface area contributed by atoms with E-state index >= 15 is 0 Å². The lowest BCUT2D eigenvalue weighted by atomic mass is 10.1. The summed E-state index contributed by atoms with van der Waals surface area (Å²) in [5, 5.41) is 9.03. The molecule has 1 fully saturated rings. The maximum Gasteiger partial charge on any atom is 0.253 e. The summed E-state index contributed by atoms with van der Waals surface area (Å²) in [5.41, 5.74) is 0.312. The first-order chi connectivity index (χ1) is 8.65. The van der Waals surface area contributed by atoms with Crippen molar-refractivity contribution >= 4 is 5.91 Å². The maximum absolute atomic E-state index is 13.5. The second-order valence-electron chi connectivity index (χ2n) is 4.44. The van der Waals surface area contributed by atoms with Gasteiger partial charge in [0.25, 0.3) is 5.91 Å². The second kappa shape index (κ2) is 5.35. The molecule has 1 aromatic rings. The summed E-state index contributed by atoms with van der Waals surface area (Å²) in [6, 6.07) is 4.19. The van der Waals surface area contributed by atoms with Gasteiger partial charge in [0.2, 0.25) is 0 Å². The summed E-state index contributed by atoms with van der Waals surface area (Å²) in [7, 11) is 1.38. The molecular formula is C13H16FNO3. The Morgan fingerprint density at radius 2 is 2.39 bits per heavy atom. The molecule has 1 atom stereocenters. The maximum atomic E-state index is 13.5. The quantitative estimate of drug-likeness (QED) is 0.883. The number of carbonyl (C=O) groups excluding carboxylic acids is 1. The average Bonchev–Trinajstić information content (AvgIpc) is 2.86. The fourth-order valence-electron chi connectivity index (χ4n) is 2.15. The summed E-state index contributed by atoms with van der Waals surface area (Å²) in [4.78, 5) is 13.7. The molecule has 0 aromatic heterocycles. The summed E-state index contributed by atoms with van der Waals surface area (Å²) >= 11 is 0. The number of hydrogen-bond donors (Lipinski definition) is 1. The van der Waals surface area contributed by atoms with Crippen LogP contribution in [-0.2, 0) is 0 Å². The molecule has 2 rings (SSSR count). The number of carbonyl (C=O) groups is 1. The Labute approximate surface area is 105 Å². The first kappa shape index (κ1) is 12.8. The Bertz CT molecular complexity index is 450. The van der Waals surface area contributed by atoms with Crippen LogP contribution in [0.3, 0.4) is 0 Å². The Morgan fingerprint density at radius 1 is 1.61 bits per heavy atom. The Hall–Kier alpha value is -1.62. The molecule has 1 unspecified atom stereocenters. The van der Waals surface area contributed by atoms with Crippen LogP contribution in [0.15, 0.2) is 18.2 Å². The molecule has 4 nitrogen and oxygen atoms in total. The van der Waals surface area contributed by atoms with E-state index in [0.717, 1.165) is 6.42 Å². The minimum atomic E-state index is -0.541. The van der Waals surface area contributed by atoms with Gasteiger partial charge >= 0.3 is 0 Å². The Morgan fingerprint density at radius 3 is 2.94 bits per heavy atom. The van der Waals surface area contributed by atoms with E-state index in [-0.39, 0.29) is 24.2 Å². The summed E-state index contributed by atoms with van der Waals surface area (Å²) in [6.07, 6.45) is 0.793. The van der Waals surface area contributed by atoms with Crippen LogP contribution >= 0.6 is 0 Å². The van der Waals surface area contributed by atoms with Gasteiger partial charge in [-0.3, -0.25) is 4.79 Å². The molecule has 0 bridgehead atoms. The fraction of sp³-hybridized carbons (Fsp3) is 0.462. The van der Waals surface area contributed by atoms with Crippen LogP contribution in [0, 0.1) is 11.7 Å². The normalized spacial score (nSPS) is 19.1. The number of halogens is 1. The number of aliphatic hydroxyl groups is 1. The van der Waals surface area contributed by atoms with Crippen LogP contribution in [0.1, 0.15) is 16.8 Å². The number of nitrogens with zero attached hydrogens (tertiary/aromatic N) is 1. The first-order valence-corrected chi connectivity index (χ1v) is 5.89. The Kier molecular flexibility index (Phi) is 3.81. The van der Waals surface area contributed by atoms with Crippen molar-refractivity contribution in [3.8, 4) is 5.75 Å². The molecule has 0 aliphatic carbocycles. The van der Waals surface area contributed by atoms with Gasteiger partial charge in [-0.05, 0) is 24.6 Å². The third-order valence-corrected chi connectivity index (χ3v) is 3.23. The van der Waals surface area contributed by atoms with Crippen LogP contribution in [0.5, 0.6) is 5.75 Å². The number of ether oxygens (including phenoxy) is 1. The molecule has 1 amide bonds. The first-order valence-electron chi connectivity index (χ1n) is 5.89. The second-order valence-corrected chi connectivity index (χ2v) is 4.44. The highest BCUT2D eigenvalue weighted by molar-refractivity contribution is 5.94. The molecule has 0 radical (unpaired) electrons. The van der Waals surface area contributed by atoms with Crippen LogP contribution in [-0.4, -0.2) is 42.7 Å². The monoisotopic (exact) mass is 253 g/mol. The smallest absolute Gasteiger partial charge is 0.253 e. The lowest BCUT2D eigenvalue weighted by Gasteiger charge is -2.16. The van der Waals surface area contributed by atoms with Gasteiger partial charge in [0.15, 0.2) is 11.6 Å². The third-order valence-electron chi connectivity index (χ3n) is 3.23. The summed E-state index contributed by atoms with van der Waals surface area (Å²) < 4.78 is 18.3. The van der Waals surface area contributed by atoms with Gasteiger partial charge in [-0.1, -0.05) is 0 Å². The molecule has 0 spiro atoms. The van der Waals surface area contributed by atoms with Gasteiger partial charge in [-0.2, -0.15) is 0 Å². The van der Waals surface area contributed by atoms with E-state index in [1.165, 1.54) is 19.2 Å². The topological polar surface area (TPSA) is 49.8 Å². The van der Waals surface area contributed by atoms with E-state index in [9.17, 15) is 9.18 Å². The van der Waals surface area contributed by atoms with Gasteiger partial charge in [-0.25, -0.2) is 4.39 Å². The fourth-order valence-corrected chi connectivity index (χ4v) is 2.15. The van der Waals surface area contributed by atoms with Gasteiger partial charge < -0.3 is 14.7 Å². The number of rotatable bonds is 3. The van der Waals surface area contributed by atoms with Crippen molar-refractivity contribution in [1.82, 2.24) is 4.90 Å². The van der Waals surface area contributed by atoms with Crippen molar-refractivity contribution in [2.45, 2.75) is 6.42 Å². The molecular weight excluding hydrogens is 237 g/mol. The van der Waals surface area contributed by atoms with E-state index in [4.69, 9.17) is 9.84 Å². The minimum Gasteiger partial charge on any atom is -0.494 e. The summed E-state index contributed by atoms with van der Waals surface area (Å²) in [5.74, 6) is -0.480. The molecule has 1 N–H and O–H groups in total. The molecule has 5 heteroatoms. The summed E-state index contributed by atoms with van der Waals surface area (Å²) in [6.45, 7) is 1.22. The number of hydrogen-bond acceptors (Lipinski definition) is 3. The van der Waals surface area contributed by atoms with Crippen LogP contribution < -0.4 is 4.74 Å². The van der Waals surface area contributed by atoms with Crippen molar-refractivity contribution in [3.05, 3.63) is 29.6 Å². The van der Waals surface area contributed by atoms with E-state index in [2.05, 4.69) is 0 Å². The molecule has 1 heterocycles.